The summed E-state index contributed by atoms with van der Waals surface area (Å²) >= 11 is 0. The van der Waals surface area contributed by atoms with Crippen LogP contribution in [0.3, 0.4) is 0 Å². The first-order valence-corrected chi connectivity index (χ1v) is 8.31. The lowest BCUT2D eigenvalue weighted by Gasteiger charge is -2.11. The minimum absolute atomic E-state index is 0.0987. The lowest BCUT2D eigenvalue weighted by atomic mass is 10.1. The van der Waals surface area contributed by atoms with Crippen LogP contribution in [-0.4, -0.2) is 31.6 Å². The molecule has 3 rings (SSSR count). The molecule has 1 aromatic carbocycles. The topological polar surface area (TPSA) is 81.3 Å². The Kier molecular flexibility index (Phi) is 4.65. The standard InChI is InChI=1S/C18H21N5O2/c1-4-9-19-15(24)11-22-13(3)10-16(25)23-18(22)20-17(21-23)14-8-6-5-7-12(14)2/h5-8,10H,4,9,11H2,1-3H3,(H,19,24). The van der Waals surface area contributed by atoms with Crippen molar-refractivity contribution in [3.8, 4) is 11.4 Å². The van der Waals surface area contributed by atoms with Crippen LogP contribution in [-0.2, 0) is 11.3 Å². The number of rotatable bonds is 5. The van der Waals surface area contributed by atoms with Gasteiger partial charge in [0.25, 0.3) is 5.56 Å². The van der Waals surface area contributed by atoms with Crippen LogP contribution < -0.4 is 10.9 Å². The molecule has 0 radical (unpaired) electrons. The van der Waals surface area contributed by atoms with E-state index in [0.29, 0.717) is 23.8 Å². The van der Waals surface area contributed by atoms with Gasteiger partial charge in [0.15, 0.2) is 5.82 Å². The maximum Gasteiger partial charge on any atom is 0.275 e. The highest BCUT2D eigenvalue weighted by molar-refractivity contribution is 5.76. The molecule has 0 fully saturated rings. The molecule has 0 saturated heterocycles. The van der Waals surface area contributed by atoms with Crippen molar-refractivity contribution in [3.05, 3.63) is 51.9 Å². The molecule has 0 saturated carbocycles. The summed E-state index contributed by atoms with van der Waals surface area (Å²) in [6.45, 7) is 6.47. The summed E-state index contributed by atoms with van der Waals surface area (Å²) in [6.07, 6.45) is 0.868. The average molecular weight is 339 g/mol. The van der Waals surface area contributed by atoms with E-state index in [2.05, 4.69) is 15.4 Å². The molecule has 2 aromatic heterocycles. The van der Waals surface area contributed by atoms with Gasteiger partial charge in [-0.2, -0.15) is 9.50 Å². The Morgan fingerprint density at radius 1 is 1.24 bits per heavy atom. The third-order valence-electron chi connectivity index (χ3n) is 4.06. The molecule has 0 spiro atoms. The van der Waals surface area contributed by atoms with Crippen molar-refractivity contribution in [2.24, 2.45) is 0 Å². The van der Waals surface area contributed by atoms with Crippen molar-refractivity contribution >= 4 is 11.7 Å². The molecular formula is C18H21N5O2. The van der Waals surface area contributed by atoms with Crippen LogP contribution in [0.15, 0.2) is 35.1 Å². The smallest absolute Gasteiger partial charge is 0.275 e. The maximum absolute atomic E-state index is 12.3. The summed E-state index contributed by atoms with van der Waals surface area (Å²) in [7, 11) is 0. The summed E-state index contributed by atoms with van der Waals surface area (Å²) in [4.78, 5) is 28.9. The molecule has 0 bridgehead atoms. The molecule has 7 nitrogen and oxygen atoms in total. The van der Waals surface area contributed by atoms with Gasteiger partial charge >= 0.3 is 0 Å². The van der Waals surface area contributed by atoms with E-state index >= 15 is 0 Å². The number of aryl methyl sites for hydroxylation is 2. The molecule has 7 heteroatoms. The van der Waals surface area contributed by atoms with Crippen LogP contribution in [0.1, 0.15) is 24.6 Å². The molecular weight excluding hydrogens is 318 g/mol. The fourth-order valence-corrected chi connectivity index (χ4v) is 2.70. The predicted octanol–water partition coefficient (Wildman–Crippen LogP) is 1.70. The second-order valence-electron chi connectivity index (χ2n) is 6.02. The summed E-state index contributed by atoms with van der Waals surface area (Å²) in [6, 6.07) is 9.20. The minimum Gasteiger partial charge on any atom is -0.355 e. The second kappa shape index (κ2) is 6.88. The summed E-state index contributed by atoms with van der Waals surface area (Å²) in [5.41, 5.74) is 2.30. The molecule has 25 heavy (non-hydrogen) atoms. The summed E-state index contributed by atoms with van der Waals surface area (Å²) in [5, 5.41) is 7.19. The highest BCUT2D eigenvalue weighted by atomic mass is 16.2. The zero-order valence-corrected chi connectivity index (χ0v) is 14.6. The van der Waals surface area contributed by atoms with Crippen LogP contribution in [0, 0.1) is 13.8 Å². The van der Waals surface area contributed by atoms with Gasteiger partial charge in [0.05, 0.1) is 0 Å². The summed E-state index contributed by atoms with van der Waals surface area (Å²) < 4.78 is 2.96. The second-order valence-corrected chi connectivity index (χ2v) is 6.02. The number of hydrogen-bond acceptors (Lipinski definition) is 4. The van der Waals surface area contributed by atoms with E-state index in [1.54, 1.807) is 11.5 Å². The fraction of sp³-hybridized carbons (Fsp3) is 0.333. The molecule has 1 N–H and O–H groups in total. The van der Waals surface area contributed by atoms with E-state index < -0.39 is 0 Å². The number of carbonyl (C=O) groups excluding carboxylic acids is 1. The Hall–Kier alpha value is -2.96. The van der Waals surface area contributed by atoms with Crippen molar-refractivity contribution < 1.29 is 4.79 Å². The van der Waals surface area contributed by atoms with E-state index in [-0.39, 0.29) is 18.0 Å². The Labute approximate surface area is 145 Å². The molecule has 2 heterocycles. The summed E-state index contributed by atoms with van der Waals surface area (Å²) in [5.74, 6) is 0.731. The van der Waals surface area contributed by atoms with Crippen LogP contribution in [0.5, 0.6) is 0 Å². The van der Waals surface area contributed by atoms with Crippen LogP contribution in [0.4, 0.5) is 0 Å². The average Bonchev–Trinajstić information content (AvgIpc) is 3.02. The number of carbonyl (C=O) groups is 1. The van der Waals surface area contributed by atoms with Gasteiger partial charge in [-0.1, -0.05) is 31.2 Å². The predicted molar refractivity (Wildman–Crippen MR) is 95.5 cm³/mol. The molecule has 130 valence electrons. The number of aromatic nitrogens is 4. The van der Waals surface area contributed by atoms with Gasteiger partial charge in [-0.25, -0.2) is 0 Å². The normalized spacial score (nSPS) is 11.0. The number of fused-ring (bicyclic) bond motifs is 1. The minimum atomic E-state index is -0.259. The fourth-order valence-electron chi connectivity index (χ4n) is 2.70. The molecule has 0 atom stereocenters. The first kappa shape index (κ1) is 16.9. The molecule has 0 aliphatic heterocycles. The Balaban J connectivity index is 2.10. The third kappa shape index (κ3) is 3.31. The number of benzene rings is 1. The van der Waals surface area contributed by atoms with Gasteiger partial charge in [0.2, 0.25) is 11.7 Å². The molecule has 0 aliphatic carbocycles. The molecule has 3 aromatic rings. The van der Waals surface area contributed by atoms with E-state index in [1.165, 1.54) is 10.6 Å². The van der Waals surface area contributed by atoms with Crippen molar-refractivity contribution in [2.45, 2.75) is 33.7 Å². The first-order valence-electron chi connectivity index (χ1n) is 8.31. The van der Waals surface area contributed by atoms with Crippen LogP contribution >= 0.6 is 0 Å². The van der Waals surface area contributed by atoms with Gasteiger partial charge < -0.3 is 9.88 Å². The van der Waals surface area contributed by atoms with Crippen molar-refractivity contribution in [1.29, 1.82) is 0 Å². The van der Waals surface area contributed by atoms with Crippen molar-refractivity contribution in [3.63, 3.8) is 0 Å². The van der Waals surface area contributed by atoms with E-state index in [9.17, 15) is 9.59 Å². The van der Waals surface area contributed by atoms with Crippen LogP contribution in [0.25, 0.3) is 17.2 Å². The largest absolute Gasteiger partial charge is 0.355 e. The monoisotopic (exact) mass is 339 g/mol. The highest BCUT2D eigenvalue weighted by Gasteiger charge is 2.16. The molecule has 0 unspecified atom stereocenters. The number of hydrogen-bond donors (Lipinski definition) is 1. The maximum atomic E-state index is 12.3. The van der Waals surface area contributed by atoms with Crippen LogP contribution in [0.2, 0.25) is 0 Å². The lowest BCUT2D eigenvalue weighted by molar-refractivity contribution is -0.121. The SMILES string of the molecule is CCCNC(=O)Cn1c(C)cc(=O)n2nc(-c3ccccc3C)nc12. The van der Waals surface area contributed by atoms with Gasteiger partial charge in [-0.3, -0.25) is 9.59 Å². The van der Waals surface area contributed by atoms with Gasteiger partial charge in [-0.15, -0.1) is 5.10 Å². The Morgan fingerprint density at radius 3 is 2.72 bits per heavy atom. The zero-order chi connectivity index (χ0) is 18.0. The quantitative estimate of drug-likeness (QED) is 0.767. The number of nitrogens with one attached hydrogen (secondary N) is 1. The Morgan fingerprint density at radius 2 is 2.00 bits per heavy atom. The van der Waals surface area contributed by atoms with Crippen molar-refractivity contribution in [1.82, 2.24) is 24.5 Å². The highest BCUT2D eigenvalue weighted by Crippen LogP contribution is 2.20. The Bertz CT molecular complexity index is 987. The first-order chi connectivity index (χ1) is 12.0. The van der Waals surface area contributed by atoms with Crippen molar-refractivity contribution in [2.75, 3.05) is 6.54 Å². The van der Waals surface area contributed by atoms with E-state index in [4.69, 9.17) is 0 Å². The number of amides is 1. The van der Waals surface area contributed by atoms with Gasteiger partial charge in [-0.05, 0) is 25.8 Å². The van der Waals surface area contributed by atoms with Gasteiger partial charge in [0.1, 0.15) is 6.54 Å². The molecule has 0 aliphatic rings. The number of nitrogens with zero attached hydrogens (tertiary/aromatic N) is 4. The molecule has 1 amide bonds. The third-order valence-corrected chi connectivity index (χ3v) is 4.06. The van der Waals surface area contributed by atoms with E-state index in [0.717, 1.165) is 17.5 Å². The van der Waals surface area contributed by atoms with E-state index in [1.807, 2.05) is 38.1 Å². The lowest BCUT2D eigenvalue weighted by Crippen LogP contribution is -2.30. The zero-order valence-electron chi connectivity index (χ0n) is 14.6. The van der Waals surface area contributed by atoms with Gasteiger partial charge in [0, 0.05) is 23.9 Å².